The van der Waals surface area contributed by atoms with Gasteiger partial charge < -0.3 is 10.1 Å². The second-order valence-corrected chi connectivity index (χ2v) is 5.94. The molecule has 0 bridgehead atoms. The standard InChI is InChI=1S/C17H23NO/c1-3-10-19-16-12-17(6-8-18-9-7-17)15-5-4-13(2)11-14(15)16/h3-5,11,16,18H,1,6-10,12H2,2H3. The first kappa shape index (κ1) is 12.9. The number of rotatable bonds is 3. The van der Waals surface area contributed by atoms with Crippen molar-refractivity contribution in [2.45, 2.75) is 37.7 Å². The van der Waals surface area contributed by atoms with Gasteiger partial charge in [0.15, 0.2) is 0 Å². The average molecular weight is 257 g/mol. The van der Waals surface area contributed by atoms with E-state index in [1.807, 2.05) is 6.08 Å². The average Bonchev–Trinajstić information content (AvgIpc) is 2.71. The van der Waals surface area contributed by atoms with Gasteiger partial charge in [-0.1, -0.05) is 29.8 Å². The summed E-state index contributed by atoms with van der Waals surface area (Å²) in [7, 11) is 0. The fourth-order valence-corrected chi connectivity index (χ4v) is 3.72. The molecule has 2 aliphatic rings. The third-order valence-electron chi connectivity index (χ3n) is 4.68. The van der Waals surface area contributed by atoms with E-state index in [-0.39, 0.29) is 6.10 Å². The van der Waals surface area contributed by atoms with Gasteiger partial charge in [-0.05, 0) is 50.4 Å². The van der Waals surface area contributed by atoms with Crippen molar-refractivity contribution in [2.75, 3.05) is 19.7 Å². The Morgan fingerprint density at radius 2 is 2.21 bits per heavy atom. The normalized spacial score (nSPS) is 24.4. The molecule has 2 nitrogen and oxygen atoms in total. The van der Waals surface area contributed by atoms with Gasteiger partial charge in [0.25, 0.3) is 0 Å². The summed E-state index contributed by atoms with van der Waals surface area (Å²) in [5.74, 6) is 0. The van der Waals surface area contributed by atoms with Crippen molar-refractivity contribution in [3.63, 3.8) is 0 Å². The molecular formula is C17H23NO. The summed E-state index contributed by atoms with van der Waals surface area (Å²) < 4.78 is 6.02. The fraction of sp³-hybridized carbons (Fsp3) is 0.529. The molecule has 1 saturated heterocycles. The van der Waals surface area contributed by atoms with Crippen LogP contribution in [0.25, 0.3) is 0 Å². The highest BCUT2D eigenvalue weighted by Crippen LogP contribution is 2.51. The number of nitrogens with one attached hydrogen (secondary N) is 1. The van der Waals surface area contributed by atoms with Crippen molar-refractivity contribution in [1.82, 2.24) is 5.32 Å². The van der Waals surface area contributed by atoms with Gasteiger partial charge in [0.05, 0.1) is 12.7 Å². The summed E-state index contributed by atoms with van der Waals surface area (Å²) in [6.07, 6.45) is 5.71. The molecular weight excluding hydrogens is 234 g/mol. The minimum Gasteiger partial charge on any atom is -0.369 e. The van der Waals surface area contributed by atoms with Crippen LogP contribution < -0.4 is 5.32 Å². The molecule has 3 rings (SSSR count). The lowest BCUT2D eigenvalue weighted by Gasteiger charge is -2.35. The minimum absolute atomic E-state index is 0.256. The van der Waals surface area contributed by atoms with E-state index in [0.717, 1.165) is 19.5 Å². The Morgan fingerprint density at radius 1 is 1.42 bits per heavy atom. The minimum atomic E-state index is 0.256. The highest BCUT2D eigenvalue weighted by molar-refractivity contribution is 5.44. The van der Waals surface area contributed by atoms with Crippen LogP contribution in [0.2, 0.25) is 0 Å². The summed E-state index contributed by atoms with van der Waals surface area (Å²) in [4.78, 5) is 0. The van der Waals surface area contributed by atoms with Crippen LogP contribution in [-0.2, 0) is 10.2 Å². The monoisotopic (exact) mass is 257 g/mol. The zero-order valence-corrected chi connectivity index (χ0v) is 11.7. The van der Waals surface area contributed by atoms with E-state index in [0.29, 0.717) is 12.0 Å². The fourth-order valence-electron chi connectivity index (χ4n) is 3.72. The van der Waals surface area contributed by atoms with E-state index in [2.05, 4.69) is 37.0 Å². The maximum Gasteiger partial charge on any atom is 0.0840 e. The summed E-state index contributed by atoms with van der Waals surface area (Å²) in [5, 5.41) is 3.48. The van der Waals surface area contributed by atoms with Crippen LogP contribution in [0.3, 0.4) is 0 Å². The molecule has 1 N–H and O–H groups in total. The predicted molar refractivity (Wildman–Crippen MR) is 78.5 cm³/mol. The molecule has 0 saturated carbocycles. The summed E-state index contributed by atoms with van der Waals surface area (Å²) >= 11 is 0. The van der Waals surface area contributed by atoms with E-state index in [4.69, 9.17) is 4.74 Å². The van der Waals surface area contributed by atoms with Crippen LogP contribution in [0, 0.1) is 6.92 Å². The Kier molecular flexibility index (Phi) is 3.46. The SMILES string of the molecule is C=CCOC1CC2(CCNCC2)c2ccc(C)cc21. The highest BCUT2D eigenvalue weighted by Gasteiger charge is 2.44. The lowest BCUT2D eigenvalue weighted by atomic mass is 9.74. The molecule has 0 amide bonds. The third kappa shape index (κ3) is 2.24. The summed E-state index contributed by atoms with van der Waals surface area (Å²) in [6, 6.07) is 6.91. The number of fused-ring (bicyclic) bond motifs is 2. The largest absolute Gasteiger partial charge is 0.369 e. The quantitative estimate of drug-likeness (QED) is 0.839. The molecule has 1 aromatic carbocycles. The highest BCUT2D eigenvalue weighted by atomic mass is 16.5. The van der Waals surface area contributed by atoms with Crippen LogP contribution in [-0.4, -0.2) is 19.7 Å². The van der Waals surface area contributed by atoms with Crippen LogP contribution in [0.4, 0.5) is 0 Å². The van der Waals surface area contributed by atoms with Crippen LogP contribution in [0.1, 0.15) is 42.1 Å². The molecule has 1 spiro atoms. The molecule has 1 heterocycles. The van der Waals surface area contributed by atoms with Crippen molar-refractivity contribution in [3.8, 4) is 0 Å². The molecule has 0 radical (unpaired) electrons. The van der Waals surface area contributed by atoms with Crippen molar-refractivity contribution in [2.24, 2.45) is 0 Å². The van der Waals surface area contributed by atoms with Crippen molar-refractivity contribution >= 4 is 0 Å². The Morgan fingerprint density at radius 3 is 2.95 bits per heavy atom. The lowest BCUT2D eigenvalue weighted by Crippen LogP contribution is -2.38. The summed E-state index contributed by atoms with van der Waals surface area (Å²) in [6.45, 7) is 8.83. The first-order valence-electron chi connectivity index (χ1n) is 7.29. The number of hydrogen-bond donors (Lipinski definition) is 1. The van der Waals surface area contributed by atoms with Crippen molar-refractivity contribution < 1.29 is 4.74 Å². The lowest BCUT2D eigenvalue weighted by molar-refractivity contribution is 0.0577. The Hall–Kier alpha value is -1.12. The number of benzene rings is 1. The van der Waals surface area contributed by atoms with Crippen molar-refractivity contribution in [3.05, 3.63) is 47.5 Å². The summed E-state index contributed by atoms with van der Waals surface area (Å²) in [5.41, 5.74) is 4.63. The Labute approximate surface area is 115 Å². The zero-order valence-electron chi connectivity index (χ0n) is 11.7. The number of piperidine rings is 1. The van der Waals surface area contributed by atoms with Gasteiger partial charge in [0.2, 0.25) is 0 Å². The second kappa shape index (κ2) is 5.10. The molecule has 1 fully saturated rings. The van der Waals surface area contributed by atoms with Crippen LogP contribution in [0.5, 0.6) is 0 Å². The molecule has 1 unspecified atom stereocenters. The maximum atomic E-state index is 6.02. The third-order valence-corrected chi connectivity index (χ3v) is 4.68. The molecule has 1 atom stereocenters. The van der Waals surface area contributed by atoms with Gasteiger partial charge in [-0.2, -0.15) is 0 Å². The van der Waals surface area contributed by atoms with E-state index < -0.39 is 0 Å². The van der Waals surface area contributed by atoms with Gasteiger partial charge in [0.1, 0.15) is 0 Å². The second-order valence-electron chi connectivity index (χ2n) is 5.94. The van der Waals surface area contributed by atoms with E-state index in [1.54, 1.807) is 0 Å². The predicted octanol–water partition coefficient (Wildman–Crippen LogP) is 3.26. The molecule has 1 aliphatic carbocycles. The first-order chi connectivity index (χ1) is 9.25. The van der Waals surface area contributed by atoms with Crippen LogP contribution >= 0.6 is 0 Å². The zero-order chi connectivity index (χ0) is 13.3. The van der Waals surface area contributed by atoms with E-state index >= 15 is 0 Å². The topological polar surface area (TPSA) is 21.3 Å². The molecule has 2 heteroatoms. The van der Waals surface area contributed by atoms with E-state index in [1.165, 1.54) is 29.5 Å². The van der Waals surface area contributed by atoms with Gasteiger partial charge in [-0.25, -0.2) is 0 Å². The number of aryl methyl sites for hydroxylation is 1. The molecule has 0 aromatic heterocycles. The van der Waals surface area contributed by atoms with Crippen LogP contribution in [0.15, 0.2) is 30.9 Å². The Balaban J connectivity index is 1.96. The maximum absolute atomic E-state index is 6.02. The number of hydrogen-bond acceptors (Lipinski definition) is 2. The molecule has 102 valence electrons. The van der Waals surface area contributed by atoms with Gasteiger partial charge in [0, 0.05) is 5.41 Å². The molecule has 1 aromatic rings. The first-order valence-corrected chi connectivity index (χ1v) is 7.29. The molecule has 19 heavy (non-hydrogen) atoms. The van der Waals surface area contributed by atoms with Gasteiger partial charge in [-0.3, -0.25) is 0 Å². The smallest absolute Gasteiger partial charge is 0.0840 e. The Bertz CT molecular complexity index is 474. The number of ether oxygens (including phenoxy) is 1. The van der Waals surface area contributed by atoms with Crippen molar-refractivity contribution in [1.29, 1.82) is 0 Å². The van der Waals surface area contributed by atoms with Gasteiger partial charge in [-0.15, -0.1) is 6.58 Å². The van der Waals surface area contributed by atoms with E-state index in [9.17, 15) is 0 Å². The van der Waals surface area contributed by atoms with Gasteiger partial charge >= 0.3 is 0 Å². The molecule has 1 aliphatic heterocycles.